The van der Waals surface area contributed by atoms with Crippen molar-refractivity contribution in [3.05, 3.63) is 0 Å². The molecule has 2 rings (SSSR count). The number of nitrogens with one attached hydrogen (secondary N) is 1. The van der Waals surface area contributed by atoms with E-state index < -0.39 is 11.9 Å². The Hall–Kier alpha value is -1.34. The van der Waals surface area contributed by atoms with Gasteiger partial charge < -0.3 is 24.8 Å². The van der Waals surface area contributed by atoms with Crippen LogP contribution in [0.5, 0.6) is 0 Å². The Labute approximate surface area is 118 Å². The number of hydrogen-bond donors (Lipinski definition) is 2. The van der Waals surface area contributed by atoms with Crippen LogP contribution in [0.3, 0.4) is 0 Å². The van der Waals surface area contributed by atoms with Crippen molar-refractivity contribution in [3.63, 3.8) is 0 Å². The highest BCUT2D eigenvalue weighted by Crippen LogP contribution is 2.41. The topological polar surface area (TPSA) is 88.1 Å². The molecule has 114 valence electrons. The second-order valence-electron chi connectivity index (χ2n) is 5.22. The minimum Gasteiger partial charge on any atom is -0.481 e. The lowest BCUT2D eigenvalue weighted by molar-refractivity contribution is -0.142. The van der Waals surface area contributed by atoms with E-state index in [1.165, 1.54) is 0 Å². The van der Waals surface area contributed by atoms with E-state index in [0.29, 0.717) is 32.8 Å². The van der Waals surface area contributed by atoms with E-state index in [1.54, 1.807) is 12.0 Å². The molecule has 2 saturated heterocycles. The van der Waals surface area contributed by atoms with Crippen LogP contribution in [-0.4, -0.2) is 67.6 Å². The van der Waals surface area contributed by atoms with Crippen molar-refractivity contribution in [2.24, 2.45) is 5.92 Å². The molecule has 3 unspecified atom stereocenters. The summed E-state index contributed by atoms with van der Waals surface area (Å²) in [5.41, 5.74) is 0. The van der Waals surface area contributed by atoms with Crippen molar-refractivity contribution in [2.75, 3.05) is 33.5 Å². The third kappa shape index (κ3) is 3.21. The van der Waals surface area contributed by atoms with Gasteiger partial charge in [0.15, 0.2) is 0 Å². The molecule has 0 aromatic carbocycles. The maximum absolute atomic E-state index is 12.1. The van der Waals surface area contributed by atoms with Gasteiger partial charge in [-0.25, -0.2) is 4.79 Å². The molecule has 0 aromatic rings. The molecule has 2 heterocycles. The van der Waals surface area contributed by atoms with Gasteiger partial charge in [0.1, 0.15) is 0 Å². The normalized spacial score (nSPS) is 27.9. The number of ether oxygens (including phenoxy) is 2. The highest BCUT2D eigenvalue weighted by atomic mass is 16.5. The molecular formula is C13H22N2O5. The number of amides is 2. The van der Waals surface area contributed by atoms with Crippen LogP contribution in [0.2, 0.25) is 0 Å². The van der Waals surface area contributed by atoms with Gasteiger partial charge in [-0.3, -0.25) is 4.79 Å². The fourth-order valence-corrected chi connectivity index (χ4v) is 3.14. The summed E-state index contributed by atoms with van der Waals surface area (Å²) in [7, 11) is 1.60. The first kappa shape index (κ1) is 15.1. The molecule has 0 saturated carbocycles. The first-order valence-electron chi connectivity index (χ1n) is 7.00. The lowest BCUT2D eigenvalue weighted by atomic mass is 9.89. The summed E-state index contributed by atoms with van der Waals surface area (Å²) in [5, 5.41) is 11.9. The fraction of sp³-hybridized carbons (Fsp3) is 0.846. The maximum Gasteiger partial charge on any atom is 0.318 e. The Kier molecular flexibility index (Phi) is 5.19. The molecule has 0 radical (unpaired) electrons. The van der Waals surface area contributed by atoms with Gasteiger partial charge in [-0.1, -0.05) is 0 Å². The summed E-state index contributed by atoms with van der Waals surface area (Å²) in [6.45, 7) is 1.89. The zero-order chi connectivity index (χ0) is 14.5. The number of hydrogen-bond acceptors (Lipinski definition) is 4. The van der Waals surface area contributed by atoms with Crippen molar-refractivity contribution in [2.45, 2.75) is 31.3 Å². The molecule has 20 heavy (non-hydrogen) atoms. The summed E-state index contributed by atoms with van der Waals surface area (Å²) < 4.78 is 10.1. The number of nitrogens with zero attached hydrogens (tertiary/aromatic N) is 1. The largest absolute Gasteiger partial charge is 0.481 e. The number of fused-ring (bicyclic) bond motifs is 2. The molecule has 2 bridgehead atoms. The Balaban J connectivity index is 1.72. The van der Waals surface area contributed by atoms with Crippen LogP contribution in [0.25, 0.3) is 0 Å². The smallest absolute Gasteiger partial charge is 0.318 e. The van der Waals surface area contributed by atoms with E-state index in [2.05, 4.69) is 5.32 Å². The van der Waals surface area contributed by atoms with Crippen LogP contribution in [0, 0.1) is 5.92 Å². The Bertz CT molecular complexity index is 363. The van der Waals surface area contributed by atoms with Crippen molar-refractivity contribution in [3.8, 4) is 0 Å². The lowest BCUT2D eigenvalue weighted by Gasteiger charge is -2.23. The Morgan fingerprint density at radius 2 is 2.10 bits per heavy atom. The number of rotatable bonds is 7. The van der Waals surface area contributed by atoms with Crippen molar-refractivity contribution >= 4 is 12.0 Å². The van der Waals surface area contributed by atoms with Gasteiger partial charge >= 0.3 is 12.0 Å². The van der Waals surface area contributed by atoms with Crippen LogP contribution in [0.15, 0.2) is 0 Å². The molecule has 2 N–H and O–H groups in total. The van der Waals surface area contributed by atoms with Gasteiger partial charge in [-0.05, 0) is 19.3 Å². The number of urea groups is 1. The first-order valence-corrected chi connectivity index (χ1v) is 7.00. The summed E-state index contributed by atoms with van der Waals surface area (Å²) in [4.78, 5) is 25.0. The van der Waals surface area contributed by atoms with Crippen LogP contribution in [0.1, 0.15) is 19.3 Å². The third-order valence-electron chi connectivity index (χ3n) is 4.04. The molecule has 7 nitrogen and oxygen atoms in total. The molecule has 7 heteroatoms. The predicted octanol–water partition coefficient (Wildman–Crippen LogP) is 0.297. The number of aliphatic carboxylic acids is 1. The van der Waals surface area contributed by atoms with Crippen LogP contribution in [0.4, 0.5) is 4.79 Å². The predicted molar refractivity (Wildman–Crippen MR) is 70.5 cm³/mol. The van der Waals surface area contributed by atoms with Gasteiger partial charge in [0.2, 0.25) is 0 Å². The average molecular weight is 286 g/mol. The molecule has 3 atom stereocenters. The minimum absolute atomic E-state index is 0.0792. The van der Waals surface area contributed by atoms with Gasteiger partial charge in [0, 0.05) is 25.7 Å². The highest BCUT2D eigenvalue weighted by Gasteiger charge is 2.51. The highest BCUT2D eigenvalue weighted by molar-refractivity contribution is 5.79. The first-order chi connectivity index (χ1) is 9.65. The number of carbonyl (C=O) groups is 2. The number of carboxylic acids is 1. The van der Waals surface area contributed by atoms with Crippen LogP contribution >= 0.6 is 0 Å². The number of methoxy groups -OCH3 is 1. The zero-order valence-electron chi connectivity index (χ0n) is 11.7. The molecule has 2 aliphatic heterocycles. The SMILES string of the molecule is COCCOCCNC(=O)N1C2CCC1C(C(=O)O)C2. The molecule has 2 aliphatic rings. The zero-order valence-corrected chi connectivity index (χ0v) is 11.7. The Morgan fingerprint density at radius 3 is 2.75 bits per heavy atom. The average Bonchev–Trinajstić information content (AvgIpc) is 3.00. The van der Waals surface area contributed by atoms with Crippen LogP contribution < -0.4 is 5.32 Å². The fourth-order valence-electron chi connectivity index (χ4n) is 3.14. The Morgan fingerprint density at radius 1 is 1.30 bits per heavy atom. The summed E-state index contributed by atoms with van der Waals surface area (Å²) in [5.74, 6) is -1.20. The maximum atomic E-state index is 12.1. The standard InChI is InChI=1S/C13H22N2O5/c1-19-6-7-20-5-4-14-13(18)15-9-2-3-11(15)10(8-9)12(16)17/h9-11H,2-8H2,1H3,(H,14,18)(H,16,17). The molecule has 0 spiro atoms. The summed E-state index contributed by atoms with van der Waals surface area (Å²) in [6.07, 6.45) is 2.28. The van der Waals surface area contributed by atoms with Gasteiger partial charge in [-0.2, -0.15) is 0 Å². The van der Waals surface area contributed by atoms with Gasteiger partial charge in [-0.15, -0.1) is 0 Å². The number of carboxylic acid groups (broad SMARTS) is 1. The van der Waals surface area contributed by atoms with E-state index in [0.717, 1.165) is 12.8 Å². The van der Waals surface area contributed by atoms with E-state index >= 15 is 0 Å². The van der Waals surface area contributed by atoms with Gasteiger partial charge in [0.25, 0.3) is 0 Å². The van der Waals surface area contributed by atoms with E-state index in [1.807, 2.05) is 0 Å². The van der Waals surface area contributed by atoms with Crippen molar-refractivity contribution in [1.29, 1.82) is 0 Å². The van der Waals surface area contributed by atoms with Crippen molar-refractivity contribution < 1.29 is 24.2 Å². The summed E-state index contributed by atoms with van der Waals surface area (Å²) in [6, 6.07) is -0.237. The summed E-state index contributed by atoms with van der Waals surface area (Å²) >= 11 is 0. The molecule has 2 fully saturated rings. The monoisotopic (exact) mass is 286 g/mol. The molecule has 2 amide bonds. The quantitative estimate of drug-likeness (QED) is 0.657. The van der Waals surface area contributed by atoms with E-state index in [-0.39, 0.29) is 18.1 Å². The van der Waals surface area contributed by atoms with E-state index in [9.17, 15) is 9.59 Å². The molecule has 0 aromatic heterocycles. The van der Waals surface area contributed by atoms with Crippen LogP contribution in [-0.2, 0) is 14.3 Å². The minimum atomic E-state index is -0.794. The second-order valence-corrected chi connectivity index (χ2v) is 5.22. The lowest BCUT2D eigenvalue weighted by Crippen LogP contribution is -2.45. The third-order valence-corrected chi connectivity index (χ3v) is 4.04. The molecule has 0 aliphatic carbocycles. The van der Waals surface area contributed by atoms with Crippen molar-refractivity contribution in [1.82, 2.24) is 10.2 Å². The second kappa shape index (κ2) is 6.90. The number of carbonyl (C=O) groups excluding carboxylic acids is 1. The van der Waals surface area contributed by atoms with E-state index in [4.69, 9.17) is 14.6 Å². The van der Waals surface area contributed by atoms with Gasteiger partial charge in [0.05, 0.1) is 25.7 Å². The molecular weight excluding hydrogens is 264 g/mol.